The van der Waals surface area contributed by atoms with Gasteiger partial charge in [-0.2, -0.15) is 0 Å². The van der Waals surface area contributed by atoms with Crippen molar-refractivity contribution >= 4 is 5.97 Å². The van der Waals surface area contributed by atoms with Gasteiger partial charge in [0.25, 0.3) is 0 Å². The Morgan fingerprint density at radius 1 is 0.708 bits per heavy atom. The predicted octanol–water partition coefficient (Wildman–Crippen LogP) is 2.43. The number of carbonyl (C=O) groups is 1. The molecular weight excluding hydrogens is 312 g/mol. The average molecular weight is 350 g/mol. The summed E-state index contributed by atoms with van der Waals surface area (Å²) in [5.74, 6) is -0.179. The standard InChI is InChI=1S/C14H28O3.C4H10O3/c1-2-3-4-5-6-7-8-9-10-11-14(16)17-13-12-15;5-1-3-7-4-2-6/h15H,2-13H2,1H3;5-6H,1-4H2. The van der Waals surface area contributed by atoms with E-state index in [2.05, 4.69) is 11.7 Å². The van der Waals surface area contributed by atoms with Crippen molar-refractivity contribution in [3.63, 3.8) is 0 Å². The number of hydrogen-bond donors (Lipinski definition) is 3. The van der Waals surface area contributed by atoms with Crippen LogP contribution in [0.3, 0.4) is 0 Å². The van der Waals surface area contributed by atoms with Gasteiger partial charge in [-0.25, -0.2) is 0 Å². The molecule has 24 heavy (non-hydrogen) atoms. The highest BCUT2D eigenvalue weighted by Gasteiger charge is 2.01. The van der Waals surface area contributed by atoms with Crippen LogP contribution in [-0.4, -0.2) is 60.9 Å². The Kier molecular flexibility index (Phi) is 26.1. The molecule has 0 radical (unpaired) electrons. The Bertz CT molecular complexity index is 232. The summed E-state index contributed by atoms with van der Waals surface area (Å²) >= 11 is 0. The third kappa shape index (κ3) is 26.2. The Morgan fingerprint density at radius 2 is 1.17 bits per heavy atom. The van der Waals surface area contributed by atoms with Crippen molar-refractivity contribution in [3.8, 4) is 0 Å². The van der Waals surface area contributed by atoms with Gasteiger partial charge in [-0.05, 0) is 6.42 Å². The van der Waals surface area contributed by atoms with Crippen LogP contribution in [0.4, 0.5) is 0 Å². The summed E-state index contributed by atoms with van der Waals surface area (Å²) in [6.07, 6.45) is 11.7. The van der Waals surface area contributed by atoms with Crippen molar-refractivity contribution in [2.75, 3.05) is 39.6 Å². The fourth-order valence-electron chi connectivity index (χ4n) is 2.04. The van der Waals surface area contributed by atoms with Gasteiger partial charge < -0.3 is 24.8 Å². The summed E-state index contributed by atoms with van der Waals surface area (Å²) in [4.78, 5) is 11.1. The third-order valence-electron chi connectivity index (χ3n) is 3.31. The monoisotopic (exact) mass is 350 g/mol. The van der Waals surface area contributed by atoms with E-state index in [0.717, 1.165) is 12.8 Å². The van der Waals surface area contributed by atoms with E-state index in [4.69, 9.17) is 20.1 Å². The zero-order valence-corrected chi connectivity index (χ0v) is 15.4. The van der Waals surface area contributed by atoms with Crippen molar-refractivity contribution < 1.29 is 29.6 Å². The SMILES string of the molecule is CCCCCCCCCCCC(=O)OCCO.OCCOCCO. The molecule has 0 aliphatic heterocycles. The molecule has 0 bridgehead atoms. The Hall–Kier alpha value is -0.690. The van der Waals surface area contributed by atoms with Gasteiger partial charge in [-0.3, -0.25) is 4.79 Å². The zero-order valence-electron chi connectivity index (χ0n) is 15.4. The highest BCUT2D eigenvalue weighted by Crippen LogP contribution is 2.10. The third-order valence-corrected chi connectivity index (χ3v) is 3.31. The number of aliphatic hydroxyl groups excluding tert-OH is 3. The molecule has 0 unspecified atom stereocenters. The minimum absolute atomic E-state index is 0.0278. The van der Waals surface area contributed by atoms with Crippen molar-refractivity contribution in [2.24, 2.45) is 0 Å². The highest BCUT2D eigenvalue weighted by atomic mass is 16.5. The summed E-state index contributed by atoms with van der Waals surface area (Å²) in [6, 6.07) is 0. The van der Waals surface area contributed by atoms with Crippen LogP contribution in [0, 0.1) is 0 Å². The van der Waals surface area contributed by atoms with Gasteiger partial charge in [-0.1, -0.05) is 58.3 Å². The lowest BCUT2D eigenvalue weighted by Crippen LogP contribution is -2.07. The molecule has 3 N–H and O–H groups in total. The summed E-state index contributed by atoms with van der Waals surface area (Å²) in [5.41, 5.74) is 0. The Morgan fingerprint density at radius 3 is 1.62 bits per heavy atom. The fraction of sp³-hybridized carbons (Fsp3) is 0.944. The lowest BCUT2D eigenvalue weighted by Gasteiger charge is -2.03. The van der Waals surface area contributed by atoms with Crippen molar-refractivity contribution in [3.05, 3.63) is 0 Å². The van der Waals surface area contributed by atoms with E-state index >= 15 is 0 Å². The Labute approximate surface area is 147 Å². The first-order valence-corrected chi connectivity index (χ1v) is 9.28. The summed E-state index contributed by atoms with van der Waals surface area (Å²) < 4.78 is 9.41. The molecule has 6 heteroatoms. The van der Waals surface area contributed by atoms with Crippen molar-refractivity contribution in [1.82, 2.24) is 0 Å². The van der Waals surface area contributed by atoms with Crippen LogP contribution < -0.4 is 0 Å². The quantitative estimate of drug-likeness (QED) is 0.292. The fourth-order valence-corrected chi connectivity index (χ4v) is 2.04. The molecule has 6 nitrogen and oxygen atoms in total. The topological polar surface area (TPSA) is 96.2 Å². The second kappa shape index (κ2) is 24.6. The van der Waals surface area contributed by atoms with E-state index in [0.29, 0.717) is 19.6 Å². The van der Waals surface area contributed by atoms with E-state index in [1.54, 1.807) is 0 Å². The maximum absolute atomic E-state index is 11.1. The lowest BCUT2D eigenvalue weighted by molar-refractivity contribution is -0.144. The summed E-state index contributed by atoms with van der Waals surface area (Å²) in [6.45, 7) is 2.98. The maximum Gasteiger partial charge on any atom is 0.305 e. The first-order valence-electron chi connectivity index (χ1n) is 9.28. The predicted molar refractivity (Wildman–Crippen MR) is 94.9 cm³/mol. The molecule has 0 aliphatic rings. The van der Waals surface area contributed by atoms with Gasteiger partial charge in [-0.15, -0.1) is 0 Å². The number of esters is 1. The van der Waals surface area contributed by atoms with E-state index in [9.17, 15) is 4.79 Å². The minimum Gasteiger partial charge on any atom is -0.463 e. The number of hydrogen-bond acceptors (Lipinski definition) is 6. The van der Waals surface area contributed by atoms with Crippen LogP contribution >= 0.6 is 0 Å². The van der Waals surface area contributed by atoms with E-state index < -0.39 is 0 Å². The second-order valence-electron chi connectivity index (χ2n) is 5.58. The maximum atomic E-state index is 11.1. The highest BCUT2D eigenvalue weighted by molar-refractivity contribution is 5.69. The van der Waals surface area contributed by atoms with Gasteiger partial charge in [0.15, 0.2) is 0 Å². The van der Waals surface area contributed by atoms with E-state index in [-0.39, 0.29) is 32.4 Å². The molecule has 0 saturated heterocycles. The molecule has 0 aromatic carbocycles. The van der Waals surface area contributed by atoms with Gasteiger partial charge >= 0.3 is 5.97 Å². The molecule has 0 spiro atoms. The second-order valence-corrected chi connectivity index (χ2v) is 5.58. The molecule has 0 saturated carbocycles. The van der Waals surface area contributed by atoms with E-state index in [1.807, 2.05) is 0 Å². The number of rotatable bonds is 16. The lowest BCUT2D eigenvalue weighted by atomic mass is 10.1. The van der Waals surface area contributed by atoms with Gasteiger partial charge in [0.2, 0.25) is 0 Å². The number of aliphatic hydroxyl groups is 3. The molecule has 0 aromatic rings. The van der Waals surface area contributed by atoms with Crippen molar-refractivity contribution in [2.45, 2.75) is 71.1 Å². The van der Waals surface area contributed by atoms with Crippen LogP contribution in [0.25, 0.3) is 0 Å². The summed E-state index contributed by atoms with van der Waals surface area (Å²) in [5, 5.41) is 24.6. The van der Waals surface area contributed by atoms with Crippen LogP contribution in [0.2, 0.25) is 0 Å². The van der Waals surface area contributed by atoms with E-state index in [1.165, 1.54) is 44.9 Å². The molecule has 146 valence electrons. The van der Waals surface area contributed by atoms with Crippen molar-refractivity contribution in [1.29, 1.82) is 0 Å². The molecule has 0 atom stereocenters. The van der Waals surface area contributed by atoms with Crippen LogP contribution in [0.1, 0.15) is 71.1 Å². The summed E-state index contributed by atoms with van der Waals surface area (Å²) in [7, 11) is 0. The first-order chi connectivity index (χ1) is 11.7. The van der Waals surface area contributed by atoms with Crippen LogP contribution in [0.15, 0.2) is 0 Å². The van der Waals surface area contributed by atoms with Gasteiger partial charge in [0, 0.05) is 6.42 Å². The average Bonchev–Trinajstić information content (AvgIpc) is 2.59. The molecule has 0 rings (SSSR count). The van der Waals surface area contributed by atoms with Gasteiger partial charge in [0.1, 0.15) is 6.61 Å². The smallest absolute Gasteiger partial charge is 0.305 e. The minimum atomic E-state index is -0.179. The van der Waals surface area contributed by atoms with Crippen LogP contribution in [-0.2, 0) is 14.3 Å². The van der Waals surface area contributed by atoms with Gasteiger partial charge in [0.05, 0.1) is 33.0 Å². The normalized spacial score (nSPS) is 10.2. The number of ether oxygens (including phenoxy) is 2. The molecule has 0 heterocycles. The molecule has 0 amide bonds. The first kappa shape index (κ1) is 25.5. The molecule has 0 fully saturated rings. The Balaban J connectivity index is 0. The molecule has 0 aliphatic carbocycles. The molecular formula is C18H38O6. The largest absolute Gasteiger partial charge is 0.463 e. The zero-order chi connectivity index (χ0) is 18.3. The van der Waals surface area contributed by atoms with Crippen LogP contribution in [0.5, 0.6) is 0 Å². The number of unbranched alkanes of at least 4 members (excludes halogenated alkanes) is 8. The number of carbonyl (C=O) groups excluding carboxylic acids is 1. The molecule has 0 aromatic heterocycles.